The molecule has 7 heteroatoms. The van der Waals surface area contributed by atoms with Crippen LogP contribution in [-0.4, -0.2) is 45.4 Å². The number of fused-ring (bicyclic) bond motifs is 2. The molecule has 0 radical (unpaired) electrons. The van der Waals surface area contributed by atoms with Crippen molar-refractivity contribution in [3.8, 4) is 6.07 Å². The van der Waals surface area contributed by atoms with Gasteiger partial charge in [0.1, 0.15) is 11.9 Å². The van der Waals surface area contributed by atoms with Crippen molar-refractivity contribution < 1.29 is 4.79 Å². The van der Waals surface area contributed by atoms with Gasteiger partial charge in [0.05, 0.1) is 23.1 Å². The molecule has 2 aromatic heterocycles. The van der Waals surface area contributed by atoms with Crippen molar-refractivity contribution in [2.24, 2.45) is 5.92 Å². The predicted molar refractivity (Wildman–Crippen MR) is 103 cm³/mol. The SMILES string of the molecule is N#Cc1cccnc1N1CCC2(CC1)c1nc[nH]c1CCN2C(=O)C1CCC1. The van der Waals surface area contributed by atoms with Gasteiger partial charge in [0, 0.05) is 43.9 Å². The molecule has 144 valence electrons. The molecule has 0 atom stereocenters. The van der Waals surface area contributed by atoms with Crippen molar-refractivity contribution in [1.29, 1.82) is 5.26 Å². The number of hydrogen-bond acceptors (Lipinski definition) is 5. The summed E-state index contributed by atoms with van der Waals surface area (Å²) in [6.07, 6.45) is 9.17. The number of hydrogen-bond donors (Lipinski definition) is 1. The summed E-state index contributed by atoms with van der Waals surface area (Å²) in [6.45, 7) is 2.27. The zero-order valence-electron chi connectivity index (χ0n) is 15.9. The van der Waals surface area contributed by atoms with Gasteiger partial charge in [-0.15, -0.1) is 0 Å². The van der Waals surface area contributed by atoms with Gasteiger partial charge in [-0.2, -0.15) is 5.26 Å². The third-order valence-corrected chi connectivity index (χ3v) is 6.78. The minimum Gasteiger partial charge on any atom is -0.355 e. The molecule has 0 bridgehead atoms. The molecule has 1 N–H and O–H groups in total. The molecule has 5 rings (SSSR count). The second kappa shape index (κ2) is 6.62. The quantitative estimate of drug-likeness (QED) is 0.869. The lowest BCUT2D eigenvalue weighted by Crippen LogP contribution is -2.60. The van der Waals surface area contributed by atoms with E-state index in [-0.39, 0.29) is 11.5 Å². The molecule has 0 unspecified atom stereocenters. The second-order valence-corrected chi connectivity index (χ2v) is 8.10. The van der Waals surface area contributed by atoms with Crippen molar-refractivity contribution in [2.75, 3.05) is 24.5 Å². The van der Waals surface area contributed by atoms with E-state index in [0.29, 0.717) is 11.5 Å². The molecule has 1 amide bonds. The third kappa shape index (κ3) is 2.51. The van der Waals surface area contributed by atoms with E-state index in [9.17, 15) is 10.1 Å². The molecule has 1 saturated carbocycles. The van der Waals surface area contributed by atoms with Gasteiger partial charge in [0.2, 0.25) is 5.91 Å². The highest BCUT2D eigenvalue weighted by Crippen LogP contribution is 2.45. The number of imidazole rings is 1. The summed E-state index contributed by atoms with van der Waals surface area (Å²) in [4.78, 5) is 30.0. The summed E-state index contributed by atoms with van der Waals surface area (Å²) in [6, 6.07) is 5.85. The van der Waals surface area contributed by atoms with Crippen LogP contribution in [-0.2, 0) is 16.8 Å². The number of aromatic amines is 1. The number of piperidine rings is 1. The Kier molecular flexibility index (Phi) is 4.08. The zero-order chi connectivity index (χ0) is 19.1. The molecule has 2 fully saturated rings. The first-order valence-electron chi connectivity index (χ1n) is 10.2. The standard InChI is InChI=1S/C21H24N6O/c22-13-16-5-2-9-23-19(16)26-11-7-21(8-12-26)18-17(24-14-25-18)6-10-27(21)20(28)15-3-1-4-15/h2,5,9,14-15H,1,3-4,6-8,10-12H2,(H,24,25). The number of amides is 1. The molecule has 0 aromatic carbocycles. The van der Waals surface area contributed by atoms with Gasteiger partial charge < -0.3 is 14.8 Å². The van der Waals surface area contributed by atoms with Gasteiger partial charge in [-0.3, -0.25) is 4.79 Å². The molecule has 1 aliphatic carbocycles. The van der Waals surface area contributed by atoms with Crippen molar-refractivity contribution >= 4 is 11.7 Å². The Morgan fingerprint density at radius 1 is 1.25 bits per heavy atom. The van der Waals surface area contributed by atoms with Gasteiger partial charge in [-0.05, 0) is 37.8 Å². The van der Waals surface area contributed by atoms with Crippen LogP contribution in [0.1, 0.15) is 49.1 Å². The summed E-state index contributed by atoms with van der Waals surface area (Å²) in [5.74, 6) is 1.25. The van der Waals surface area contributed by atoms with Crippen LogP contribution in [0.5, 0.6) is 0 Å². The first-order chi connectivity index (χ1) is 13.7. The van der Waals surface area contributed by atoms with Crippen molar-refractivity contribution in [3.63, 3.8) is 0 Å². The lowest BCUT2D eigenvalue weighted by molar-refractivity contribution is -0.147. The summed E-state index contributed by atoms with van der Waals surface area (Å²) in [7, 11) is 0. The molecule has 7 nitrogen and oxygen atoms in total. The monoisotopic (exact) mass is 376 g/mol. The molecule has 1 saturated heterocycles. The van der Waals surface area contributed by atoms with Crippen molar-refractivity contribution in [1.82, 2.24) is 19.9 Å². The Morgan fingerprint density at radius 3 is 2.79 bits per heavy atom. The summed E-state index contributed by atoms with van der Waals surface area (Å²) in [5, 5.41) is 9.42. The van der Waals surface area contributed by atoms with Crippen LogP contribution in [0.3, 0.4) is 0 Å². The number of aromatic nitrogens is 3. The van der Waals surface area contributed by atoms with Gasteiger partial charge in [-0.1, -0.05) is 6.42 Å². The van der Waals surface area contributed by atoms with E-state index < -0.39 is 0 Å². The molecule has 3 aliphatic rings. The fourth-order valence-corrected chi connectivity index (χ4v) is 5.01. The number of nitrogens with one attached hydrogen (secondary N) is 1. The Balaban J connectivity index is 1.46. The lowest BCUT2D eigenvalue weighted by atomic mass is 9.76. The maximum atomic E-state index is 13.3. The fraction of sp³-hybridized carbons (Fsp3) is 0.524. The highest BCUT2D eigenvalue weighted by molar-refractivity contribution is 5.81. The van der Waals surface area contributed by atoms with E-state index in [1.165, 1.54) is 5.69 Å². The molecule has 4 heterocycles. The maximum Gasteiger partial charge on any atom is 0.226 e. The first kappa shape index (κ1) is 17.2. The average Bonchev–Trinajstić information content (AvgIpc) is 3.17. The number of nitrogens with zero attached hydrogens (tertiary/aromatic N) is 5. The molecule has 2 aromatic rings. The molecular weight excluding hydrogens is 352 g/mol. The van der Waals surface area contributed by atoms with Crippen LogP contribution in [0.15, 0.2) is 24.7 Å². The minimum absolute atomic E-state index is 0.191. The Bertz CT molecular complexity index is 932. The zero-order valence-corrected chi connectivity index (χ0v) is 15.9. The van der Waals surface area contributed by atoms with Crippen LogP contribution in [0.25, 0.3) is 0 Å². The summed E-state index contributed by atoms with van der Waals surface area (Å²) in [5.41, 5.74) is 2.48. The summed E-state index contributed by atoms with van der Waals surface area (Å²) < 4.78 is 0. The highest BCUT2D eigenvalue weighted by Gasteiger charge is 2.50. The topological polar surface area (TPSA) is 88.9 Å². The summed E-state index contributed by atoms with van der Waals surface area (Å²) >= 11 is 0. The van der Waals surface area contributed by atoms with E-state index in [1.54, 1.807) is 18.6 Å². The molecular formula is C21H24N6O. The fourth-order valence-electron chi connectivity index (χ4n) is 5.01. The van der Waals surface area contributed by atoms with Crippen LogP contribution in [0.2, 0.25) is 0 Å². The molecule has 2 aliphatic heterocycles. The first-order valence-corrected chi connectivity index (χ1v) is 10.2. The number of carbonyl (C=O) groups is 1. The van der Waals surface area contributed by atoms with E-state index in [0.717, 1.165) is 69.7 Å². The van der Waals surface area contributed by atoms with Gasteiger partial charge in [-0.25, -0.2) is 9.97 Å². The Labute approximate surface area is 164 Å². The van der Waals surface area contributed by atoms with E-state index in [2.05, 4.69) is 30.8 Å². The Hall–Kier alpha value is -2.88. The van der Waals surface area contributed by atoms with Gasteiger partial charge in [0.25, 0.3) is 0 Å². The average molecular weight is 376 g/mol. The highest BCUT2D eigenvalue weighted by atomic mass is 16.2. The van der Waals surface area contributed by atoms with Crippen LogP contribution < -0.4 is 4.90 Å². The normalized spacial score (nSPS) is 21.1. The number of anilines is 1. The van der Waals surface area contributed by atoms with Crippen molar-refractivity contribution in [3.05, 3.63) is 41.6 Å². The predicted octanol–water partition coefficient (Wildman–Crippen LogP) is 2.36. The lowest BCUT2D eigenvalue weighted by Gasteiger charge is -2.52. The van der Waals surface area contributed by atoms with E-state index in [1.807, 2.05) is 6.07 Å². The number of carbonyl (C=O) groups excluding carboxylic acids is 1. The maximum absolute atomic E-state index is 13.3. The number of nitriles is 1. The number of rotatable bonds is 2. The van der Waals surface area contributed by atoms with Gasteiger partial charge in [0.15, 0.2) is 0 Å². The van der Waals surface area contributed by atoms with E-state index >= 15 is 0 Å². The second-order valence-electron chi connectivity index (χ2n) is 8.10. The van der Waals surface area contributed by atoms with E-state index in [4.69, 9.17) is 0 Å². The van der Waals surface area contributed by atoms with Gasteiger partial charge >= 0.3 is 0 Å². The smallest absolute Gasteiger partial charge is 0.226 e. The van der Waals surface area contributed by atoms with Crippen LogP contribution in [0, 0.1) is 17.2 Å². The third-order valence-electron chi connectivity index (χ3n) is 6.78. The largest absolute Gasteiger partial charge is 0.355 e. The van der Waals surface area contributed by atoms with Crippen LogP contribution >= 0.6 is 0 Å². The number of H-pyrrole nitrogens is 1. The van der Waals surface area contributed by atoms with Crippen molar-refractivity contribution in [2.45, 2.75) is 44.1 Å². The molecule has 28 heavy (non-hydrogen) atoms. The minimum atomic E-state index is -0.335. The Morgan fingerprint density at radius 2 is 2.07 bits per heavy atom. The molecule has 1 spiro atoms. The van der Waals surface area contributed by atoms with Crippen LogP contribution in [0.4, 0.5) is 5.82 Å². The number of pyridine rings is 1.